The number of fused-ring (bicyclic) bond motifs is 1. The normalized spacial score (nSPS) is 39.8. The van der Waals surface area contributed by atoms with E-state index in [-0.39, 0.29) is 24.3 Å². The Hall–Kier alpha value is -1.51. The summed E-state index contributed by atoms with van der Waals surface area (Å²) < 4.78 is 12.6. The predicted molar refractivity (Wildman–Crippen MR) is 171 cm³/mol. The molecule has 7 aliphatic rings. The molecule has 2 saturated carbocycles. The van der Waals surface area contributed by atoms with E-state index in [9.17, 15) is 4.79 Å². The standard InChI is InChI=1S/C35H56N6O3/c1-2-31(42)39-17-14-26(15-18-39)40-20-24(21-40)8-13-30-32(25-9-11-29(12-10-25)44-28-6-4-3-5-7-28)33-34(36)37-23-38-35(33)41(30)27-16-19-43-22-27/h2,24-30,32-35,37-38H,1,3-7,9-12,14-23,36H2/t25?,27-,29?,30?,32?,33?,34?,35?/m0/s1. The van der Waals surface area contributed by atoms with Crippen molar-refractivity contribution in [2.24, 2.45) is 29.4 Å². The molecular weight excluding hydrogens is 552 g/mol. The van der Waals surface area contributed by atoms with Crippen LogP contribution in [0.3, 0.4) is 0 Å². The van der Waals surface area contributed by atoms with Crippen molar-refractivity contribution >= 4 is 5.91 Å². The van der Waals surface area contributed by atoms with Crippen LogP contribution in [-0.4, -0.2) is 109 Å². The molecule has 5 heterocycles. The minimum atomic E-state index is -0.0166. The summed E-state index contributed by atoms with van der Waals surface area (Å²) in [4.78, 5) is 19.2. The first kappa shape index (κ1) is 31.1. The summed E-state index contributed by atoms with van der Waals surface area (Å²) in [5.74, 6) is 9.64. The number of nitrogens with zero attached hydrogens (tertiary/aromatic N) is 3. The second-order valence-electron chi connectivity index (χ2n) is 14.8. The number of amides is 1. The van der Waals surface area contributed by atoms with Gasteiger partial charge in [0.05, 0.1) is 37.2 Å². The highest BCUT2D eigenvalue weighted by molar-refractivity contribution is 5.87. The molecule has 0 spiro atoms. The van der Waals surface area contributed by atoms with Gasteiger partial charge in [-0.3, -0.25) is 25.2 Å². The van der Waals surface area contributed by atoms with Crippen LogP contribution in [0.15, 0.2) is 12.7 Å². The summed E-state index contributed by atoms with van der Waals surface area (Å²) in [6.45, 7) is 9.80. The van der Waals surface area contributed by atoms with Crippen LogP contribution in [0, 0.1) is 35.5 Å². The number of nitrogens with one attached hydrogen (secondary N) is 2. The van der Waals surface area contributed by atoms with Gasteiger partial charge in [-0.15, -0.1) is 0 Å². The van der Waals surface area contributed by atoms with Crippen molar-refractivity contribution < 1.29 is 14.3 Å². The number of hydrogen-bond acceptors (Lipinski definition) is 8. The fourth-order valence-electron chi connectivity index (χ4n) is 9.81. The van der Waals surface area contributed by atoms with Crippen molar-refractivity contribution in [1.82, 2.24) is 25.3 Å². The Morgan fingerprint density at radius 1 is 0.886 bits per heavy atom. The van der Waals surface area contributed by atoms with Crippen LogP contribution in [0.1, 0.15) is 77.0 Å². The number of nitrogens with two attached hydrogens (primary N) is 1. The summed E-state index contributed by atoms with van der Waals surface area (Å²) in [6, 6.07) is 1.17. The van der Waals surface area contributed by atoms with E-state index in [0.717, 1.165) is 65.3 Å². The maximum absolute atomic E-state index is 12.0. The lowest BCUT2D eigenvalue weighted by Crippen LogP contribution is -2.64. The number of carbonyl (C=O) groups excluding carboxylic acids is 1. The molecule has 5 aliphatic heterocycles. The molecule has 44 heavy (non-hydrogen) atoms. The minimum Gasteiger partial charge on any atom is -0.380 e. The quantitative estimate of drug-likeness (QED) is 0.313. The number of likely N-dealkylation sites (tertiary alicyclic amines) is 3. The zero-order valence-corrected chi connectivity index (χ0v) is 26.7. The number of ether oxygens (including phenoxy) is 2. The third-order valence-corrected chi connectivity index (χ3v) is 12.2. The van der Waals surface area contributed by atoms with Crippen LogP contribution in [0.25, 0.3) is 0 Å². The Bertz CT molecular complexity index is 1040. The molecule has 0 radical (unpaired) electrons. The lowest BCUT2D eigenvalue weighted by atomic mass is 9.70. The number of hydrogen-bond donors (Lipinski definition) is 3. The van der Waals surface area contributed by atoms with Gasteiger partial charge in [-0.2, -0.15) is 0 Å². The van der Waals surface area contributed by atoms with Crippen LogP contribution in [0.2, 0.25) is 0 Å². The Morgan fingerprint density at radius 3 is 2.34 bits per heavy atom. The van der Waals surface area contributed by atoms with Crippen LogP contribution in [-0.2, 0) is 14.3 Å². The first-order chi connectivity index (χ1) is 21.6. The summed E-state index contributed by atoms with van der Waals surface area (Å²) in [7, 11) is 0. The van der Waals surface area contributed by atoms with Gasteiger partial charge in [0.2, 0.25) is 5.91 Å². The molecule has 6 atom stereocenters. The van der Waals surface area contributed by atoms with E-state index in [2.05, 4.69) is 38.9 Å². The second kappa shape index (κ2) is 14.1. The van der Waals surface area contributed by atoms with Crippen LogP contribution < -0.4 is 16.4 Å². The summed E-state index contributed by atoms with van der Waals surface area (Å²) in [6.07, 6.45) is 17.1. The van der Waals surface area contributed by atoms with Gasteiger partial charge in [-0.1, -0.05) is 37.7 Å². The van der Waals surface area contributed by atoms with Gasteiger partial charge in [0.15, 0.2) is 0 Å². The third kappa shape index (κ3) is 6.51. The number of carbonyl (C=O) groups is 1. The molecule has 2 aliphatic carbocycles. The molecule has 0 aromatic heterocycles. The van der Waals surface area contributed by atoms with Crippen molar-refractivity contribution in [1.29, 1.82) is 0 Å². The van der Waals surface area contributed by atoms with E-state index in [4.69, 9.17) is 15.2 Å². The van der Waals surface area contributed by atoms with Gasteiger partial charge < -0.3 is 20.1 Å². The fraction of sp³-hybridized carbons (Fsp3) is 0.857. The molecule has 9 nitrogen and oxygen atoms in total. The van der Waals surface area contributed by atoms with Gasteiger partial charge in [-0.05, 0) is 75.7 Å². The highest BCUT2D eigenvalue weighted by Gasteiger charge is 2.56. The maximum Gasteiger partial charge on any atom is 0.245 e. The van der Waals surface area contributed by atoms with Gasteiger partial charge in [0.25, 0.3) is 0 Å². The molecule has 0 bridgehead atoms. The molecule has 244 valence electrons. The molecule has 0 aromatic carbocycles. The van der Waals surface area contributed by atoms with Crippen LogP contribution in [0.4, 0.5) is 0 Å². The summed E-state index contributed by atoms with van der Waals surface area (Å²) in [5, 5.41) is 7.39. The molecule has 0 aromatic rings. The Balaban J connectivity index is 1.03. The van der Waals surface area contributed by atoms with E-state index < -0.39 is 0 Å². The van der Waals surface area contributed by atoms with E-state index in [1.54, 1.807) is 0 Å². The van der Waals surface area contributed by atoms with Gasteiger partial charge >= 0.3 is 0 Å². The Labute approximate surface area is 265 Å². The lowest BCUT2D eigenvalue weighted by Gasteiger charge is -2.45. The van der Waals surface area contributed by atoms with E-state index in [1.807, 2.05) is 4.90 Å². The van der Waals surface area contributed by atoms with Gasteiger partial charge in [-0.25, -0.2) is 0 Å². The average molecular weight is 609 g/mol. The van der Waals surface area contributed by atoms with Crippen molar-refractivity contribution in [2.45, 2.75) is 120 Å². The fourth-order valence-corrected chi connectivity index (χ4v) is 9.81. The van der Waals surface area contributed by atoms with Gasteiger partial charge in [0.1, 0.15) is 0 Å². The average Bonchev–Trinajstić information content (AvgIpc) is 3.68. The van der Waals surface area contributed by atoms with Crippen LogP contribution >= 0.6 is 0 Å². The number of piperidine rings is 1. The predicted octanol–water partition coefficient (Wildman–Crippen LogP) is 2.47. The first-order valence-corrected chi connectivity index (χ1v) is 18.0. The molecule has 1 amide bonds. The lowest BCUT2D eigenvalue weighted by molar-refractivity contribution is -0.127. The second-order valence-corrected chi connectivity index (χ2v) is 14.8. The molecular formula is C35H56N6O3. The zero-order valence-electron chi connectivity index (χ0n) is 26.7. The third-order valence-electron chi connectivity index (χ3n) is 12.2. The molecule has 5 saturated heterocycles. The zero-order chi connectivity index (χ0) is 30.0. The van der Waals surface area contributed by atoms with Crippen LogP contribution in [0.5, 0.6) is 0 Å². The SMILES string of the molecule is C=CC(=O)N1CCC(N2CC(C#CC3C(C4CCC(OC5CCCCC5)CC4)C4C(N)NCNC4N3[C@H]3CCOC3)C2)CC1. The van der Waals surface area contributed by atoms with E-state index >= 15 is 0 Å². The maximum atomic E-state index is 12.0. The topological polar surface area (TPSA) is 95.3 Å². The first-order valence-electron chi connectivity index (χ1n) is 18.0. The van der Waals surface area contributed by atoms with Crippen molar-refractivity contribution in [3.8, 4) is 11.8 Å². The monoisotopic (exact) mass is 608 g/mol. The van der Waals surface area contributed by atoms with Crippen molar-refractivity contribution in [3.05, 3.63) is 12.7 Å². The Morgan fingerprint density at radius 2 is 1.64 bits per heavy atom. The summed E-state index contributed by atoms with van der Waals surface area (Å²) in [5.41, 5.74) is 6.90. The molecule has 5 unspecified atom stereocenters. The number of rotatable bonds is 6. The molecule has 9 heteroatoms. The smallest absolute Gasteiger partial charge is 0.245 e. The largest absolute Gasteiger partial charge is 0.380 e. The molecule has 7 rings (SSSR count). The summed E-state index contributed by atoms with van der Waals surface area (Å²) >= 11 is 0. The highest BCUT2D eigenvalue weighted by Crippen LogP contribution is 2.47. The Kier molecular flexibility index (Phi) is 9.96. The molecule has 7 fully saturated rings. The van der Waals surface area contributed by atoms with E-state index in [1.165, 1.54) is 63.9 Å². The van der Waals surface area contributed by atoms with Crippen molar-refractivity contribution in [2.75, 3.05) is 46.1 Å². The van der Waals surface area contributed by atoms with Gasteiger partial charge in [0, 0.05) is 63.4 Å². The highest BCUT2D eigenvalue weighted by atomic mass is 16.5. The van der Waals surface area contributed by atoms with Crippen molar-refractivity contribution in [3.63, 3.8) is 0 Å². The molecule has 4 N–H and O–H groups in total. The van der Waals surface area contributed by atoms with E-state index in [0.29, 0.717) is 48.0 Å². The minimum absolute atomic E-state index is 0.0166.